The minimum atomic E-state index is -1.13. The third-order valence-corrected chi connectivity index (χ3v) is 7.05. The van der Waals surface area contributed by atoms with E-state index in [1.165, 1.54) is 4.90 Å². The van der Waals surface area contributed by atoms with Gasteiger partial charge < -0.3 is 25.8 Å². The summed E-state index contributed by atoms with van der Waals surface area (Å²) in [5.41, 5.74) is 9.39. The maximum atomic E-state index is 13.3. The molecule has 2 aromatic rings. The maximum Gasteiger partial charge on any atom is 0.320 e. The van der Waals surface area contributed by atoms with E-state index < -0.39 is 35.5 Å². The van der Waals surface area contributed by atoms with Gasteiger partial charge in [-0.2, -0.15) is 0 Å². The minimum absolute atomic E-state index is 0.0129. The first-order chi connectivity index (χ1) is 16.4. The molecule has 3 rings (SSSR count). The fourth-order valence-electron chi connectivity index (χ4n) is 4.13. The van der Waals surface area contributed by atoms with Crippen LogP contribution in [0.1, 0.15) is 51.4 Å². The average molecular weight is 503 g/mol. The number of β-amino-alcohol motifs (C(OH)–C–C–N with tert-alkyl or cyclic N) is 1. The average Bonchev–Trinajstić information content (AvgIpc) is 3.41. The Bertz CT molecular complexity index is 1060. The van der Waals surface area contributed by atoms with E-state index in [0.29, 0.717) is 0 Å². The van der Waals surface area contributed by atoms with Gasteiger partial charge in [-0.05, 0) is 25.0 Å². The number of hydrogen-bond donors (Lipinski definition) is 3. The molecule has 0 saturated carbocycles. The van der Waals surface area contributed by atoms with Crippen molar-refractivity contribution in [2.75, 3.05) is 13.1 Å². The van der Waals surface area contributed by atoms with E-state index in [9.17, 15) is 19.5 Å². The molecule has 1 aromatic carbocycles. The summed E-state index contributed by atoms with van der Waals surface area (Å²) in [5, 5.41) is 13.2. The van der Waals surface area contributed by atoms with Crippen LogP contribution in [0.2, 0.25) is 0 Å². The van der Waals surface area contributed by atoms with Gasteiger partial charge >= 0.3 is 5.97 Å². The summed E-state index contributed by atoms with van der Waals surface area (Å²) in [6, 6.07) is 6.70. The Morgan fingerprint density at radius 2 is 1.94 bits per heavy atom. The second-order valence-corrected chi connectivity index (χ2v) is 10.8. The van der Waals surface area contributed by atoms with Gasteiger partial charge in [-0.25, -0.2) is 4.98 Å². The molecule has 2 amide bonds. The van der Waals surface area contributed by atoms with Crippen molar-refractivity contribution < 1.29 is 24.2 Å². The number of carbonyl (C=O) groups excluding carboxylic acids is 3. The van der Waals surface area contributed by atoms with E-state index in [0.717, 1.165) is 21.7 Å². The number of aryl methyl sites for hydroxylation is 1. The van der Waals surface area contributed by atoms with Crippen LogP contribution in [0.4, 0.5) is 0 Å². The standard InChI is InChI=1S/C25H34N4O5S/c1-14(16-6-8-17(9-7-16)21-15(2)27-13-35-21)28-23(32)19-10-18(30)12-29(19)24(33)22(25(3,4)5)34-20(31)11-26/h6-9,13-14,18-19,22,30H,10-12,26H2,1-5H3,(H,28,32)/t14-,18+,19-,22+/m0/s1. The molecule has 0 radical (unpaired) electrons. The van der Waals surface area contributed by atoms with E-state index in [1.54, 1.807) is 32.1 Å². The number of aliphatic hydroxyl groups is 1. The zero-order valence-corrected chi connectivity index (χ0v) is 21.6. The molecule has 1 aliphatic heterocycles. The molecule has 0 bridgehead atoms. The highest BCUT2D eigenvalue weighted by Crippen LogP contribution is 2.30. The van der Waals surface area contributed by atoms with Crippen molar-refractivity contribution in [2.45, 2.75) is 65.3 Å². The molecule has 9 nitrogen and oxygen atoms in total. The molecule has 2 heterocycles. The van der Waals surface area contributed by atoms with Crippen molar-refractivity contribution in [1.82, 2.24) is 15.2 Å². The van der Waals surface area contributed by atoms with Gasteiger partial charge in [0.1, 0.15) is 6.04 Å². The van der Waals surface area contributed by atoms with Crippen LogP contribution < -0.4 is 11.1 Å². The van der Waals surface area contributed by atoms with Crippen molar-refractivity contribution in [1.29, 1.82) is 0 Å². The molecule has 1 saturated heterocycles. The van der Waals surface area contributed by atoms with Gasteiger partial charge in [-0.1, -0.05) is 45.0 Å². The van der Waals surface area contributed by atoms with Gasteiger partial charge in [0.15, 0.2) is 6.10 Å². The molecule has 35 heavy (non-hydrogen) atoms. The zero-order valence-electron chi connectivity index (χ0n) is 20.8. The SMILES string of the molecule is Cc1ncsc1-c1ccc([C@H](C)NC(=O)[C@@H]2C[C@@H](O)CN2C(=O)[C@@H](OC(=O)CN)C(C)(C)C)cc1. The largest absolute Gasteiger partial charge is 0.451 e. The summed E-state index contributed by atoms with van der Waals surface area (Å²) in [6.07, 6.45) is -1.87. The molecule has 0 unspecified atom stereocenters. The second kappa shape index (κ2) is 10.8. The van der Waals surface area contributed by atoms with E-state index in [1.807, 2.05) is 43.6 Å². The smallest absolute Gasteiger partial charge is 0.320 e. The van der Waals surface area contributed by atoms with E-state index in [4.69, 9.17) is 10.5 Å². The molecule has 10 heteroatoms. The molecule has 4 N–H and O–H groups in total. The van der Waals surface area contributed by atoms with Crippen LogP contribution in [0.3, 0.4) is 0 Å². The monoisotopic (exact) mass is 502 g/mol. The third kappa shape index (κ3) is 6.25. The first-order valence-electron chi connectivity index (χ1n) is 11.6. The lowest BCUT2D eigenvalue weighted by Crippen LogP contribution is -2.53. The molecule has 1 aliphatic rings. The van der Waals surface area contributed by atoms with Gasteiger partial charge in [0.25, 0.3) is 5.91 Å². The number of benzene rings is 1. The summed E-state index contributed by atoms with van der Waals surface area (Å²) in [6.45, 7) is 8.75. The molecule has 4 atom stereocenters. The van der Waals surface area contributed by atoms with Crippen LogP contribution in [0.15, 0.2) is 29.8 Å². The van der Waals surface area contributed by atoms with Crippen molar-refractivity contribution in [3.63, 3.8) is 0 Å². The summed E-state index contributed by atoms with van der Waals surface area (Å²) in [4.78, 5) is 45.1. The first-order valence-corrected chi connectivity index (χ1v) is 12.5. The number of hydrogen-bond acceptors (Lipinski definition) is 8. The number of aliphatic hydroxyl groups excluding tert-OH is 1. The number of likely N-dealkylation sites (tertiary alicyclic amines) is 1. The molecular formula is C25H34N4O5S. The van der Waals surface area contributed by atoms with Gasteiger partial charge in [0, 0.05) is 18.4 Å². The van der Waals surface area contributed by atoms with Crippen molar-refractivity contribution >= 4 is 29.1 Å². The predicted octanol–water partition coefficient (Wildman–Crippen LogP) is 2.17. The molecule has 1 fully saturated rings. The minimum Gasteiger partial charge on any atom is -0.451 e. The number of rotatable bonds is 7. The number of esters is 1. The lowest BCUT2D eigenvalue weighted by molar-refractivity contribution is -0.167. The number of aromatic nitrogens is 1. The fourth-order valence-corrected chi connectivity index (χ4v) is 4.94. The molecule has 1 aromatic heterocycles. The summed E-state index contributed by atoms with van der Waals surface area (Å²) < 4.78 is 5.33. The number of carbonyl (C=O) groups is 3. The Labute approximate surface area is 209 Å². The molecule has 0 spiro atoms. The quantitative estimate of drug-likeness (QED) is 0.494. The topological polar surface area (TPSA) is 135 Å². The molecular weight excluding hydrogens is 468 g/mol. The number of amides is 2. The number of thiazole rings is 1. The predicted molar refractivity (Wildman–Crippen MR) is 133 cm³/mol. The Hall–Kier alpha value is -2.82. The fraction of sp³-hybridized carbons (Fsp3) is 0.520. The highest BCUT2D eigenvalue weighted by molar-refractivity contribution is 7.13. The van der Waals surface area contributed by atoms with Crippen LogP contribution in [0.25, 0.3) is 10.4 Å². The van der Waals surface area contributed by atoms with Crippen molar-refractivity contribution in [3.8, 4) is 10.4 Å². The van der Waals surface area contributed by atoms with Crippen LogP contribution in [-0.4, -0.2) is 64.1 Å². The lowest BCUT2D eigenvalue weighted by Gasteiger charge is -2.34. The Morgan fingerprint density at radius 1 is 1.29 bits per heavy atom. The Balaban J connectivity index is 1.73. The van der Waals surface area contributed by atoms with Gasteiger partial charge in [-0.3, -0.25) is 14.4 Å². The summed E-state index contributed by atoms with van der Waals surface area (Å²) in [5.74, 6) is -1.60. The van der Waals surface area contributed by atoms with Crippen molar-refractivity contribution in [2.24, 2.45) is 11.1 Å². The van der Waals surface area contributed by atoms with Crippen LogP contribution in [0, 0.1) is 12.3 Å². The zero-order chi connectivity index (χ0) is 25.9. The van der Waals surface area contributed by atoms with Gasteiger partial charge in [0.2, 0.25) is 5.91 Å². The highest BCUT2D eigenvalue weighted by Gasteiger charge is 2.45. The second-order valence-electron chi connectivity index (χ2n) is 9.96. The van der Waals surface area contributed by atoms with Gasteiger partial charge in [-0.15, -0.1) is 11.3 Å². The summed E-state index contributed by atoms with van der Waals surface area (Å²) >= 11 is 1.58. The van der Waals surface area contributed by atoms with Gasteiger partial charge in [0.05, 0.1) is 34.8 Å². The van der Waals surface area contributed by atoms with Crippen molar-refractivity contribution in [3.05, 3.63) is 41.0 Å². The van der Waals surface area contributed by atoms with Crippen LogP contribution in [-0.2, 0) is 19.1 Å². The molecule has 190 valence electrons. The van der Waals surface area contributed by atoms with Crippen LogP contribution in [0.5, 0.6) is 0 Å². The van der Waals surface area contributed by atoms with E-state index >= 15 is 0 Å². The first kappa shape index (κ1) is 26.8. The Morgan fingerprint density at radius 3 is 2.49 bits per heavy atom. The normalized spacial score (nSPS) is 19.8. The number of nitrogens with zero attached hydrogens (tertiary/aromatic N) is 2. The maximum absolute atomic E-state index is 13.3. The number of ether oxygens (including phenoxy) is 1. The van der Waals surface area contributed by atoms with E-state index in [2.05, 4.69) is 10.3 Å². The summed E-state index contributed by atoms with van der Waals surface area (Å²) in [7, 11) is 0. The molecule has 0 aliphatic carbocycles. The van der Waals surface area contributed by atoms with Crippen LogP contribution >= 0.6 is 11.3 Å². The highest BCUT2D eigenvalue weighted by atomic mass is 32.1. The number of nitrogens with one attached hydrogen (secondary N) is 1. The third-order valence-electron chi connectivity index (χ3n) is 6.07. The Kier molecular flexibility index (Phi) is 8.30. The lowest BCUT2D eigenvalue weighted by atomic mass is 9.88. The number of nitrogens with two attached hydrogens (primary N) is 1. The van der Waals surface area contributed by atoms with E-state index in [-0.39, 0.29) is 31.5 Å².